The summed E-state index contributed by atoms with van der Waals surface area (Å²) in [6.07, 6.45) is 5.04. The van der Waals surface area contributed by atoms with Crippen LogP contribution in [0.2, 0.25) is 0 Å². The summed E-state index contributed by atoms with van der Waals surface area (Å²) in [5.74, 6) is 0.0379. The van der Waals surface area contributed by atoms with Gasteiger partial charge in [0.1, 0.15) is 17.1 Å². The summed E-state index contributed by atoms with van der Waals surface area (Å²) in [7, 11) is 1.60. The Bertz CT molecular complexity index is 936. The third-order valence-electron chi connectivity index (χ3n) is 5.80. The van der Waals surface area contributed by atoms with Crippen LogP contribution in [-0.2, 0) is 20.9 Å². The summed E-state index contributed by atoms with van der Waals surface area (Å²) in [6, 6.07) is 10.9. The van der Waals surface area contributed by atoms with Gasteiger partial charge in [-0.2, -0.15) is 0 Å². The monoisotopic (exact) mass is 380 g/mol. The van der Waals surface area contributed by atoms with Gasteiger partial charge in [-0.1, -0.05) is 12.2 Å². The number of carbonyl (C=O) groups excluding carboxylic acids is 2. The smallest absolute Gasteiger partial charge is 0.234 e. The summed E-state index contributed by atoms with van der Waals surface area (Å²) >= 11 is 0. The van der Waals surface area contributed by atoms with Crippen molar-refractivity contribution < 1.29 is 23.5 Å². The van der Waals surface area contributed by atoms with Crippen molar-refractivity contribution in [2.24, 2.45) is 11.8 Å². The molecule has 0 radical (unpaired) electrons. The molecule has 0 saturated carbocycles. The van der Waals surface area contributed by atoms with Crippen molar-refractivity contribution in [1.82, 2.24) is 5.32 Å². The molecule has 2 fully saturated rings. The van der Waals surface area contributed by atoms with Crippen molar-refractivity contribution in [3.63, 3.8) is 0 Å². The van der Waals surface area contributed by atoms with Gasteiger partial charge >= 0.3 is 0 Å². The SMILES string of the molecule is COc1ccc(N2C[C@@]34C=C[C@@H](O3)[C@@H](C(=O)NCc3ccco3)[C@@H]4C2=O)cc1. The number of methoxy groups -OCH3 is 1. The van der Waals surface area contributed by atoms with Crippen LogP contribution in [0.1, 0.15) is 5.76 Å². The zero-order valence-electron chi connectivity index (χ0n) is 15.3. The van der Waals surface area contributed by atoms with E-state index in [-0.39, 0.29) is 24.5 Å². The number of ether oxygens (including phenoxy) is 2. The molecular formula is C21H20N2O5. The van der Waals surface area contributed by atoms with Gasteiger partial charge in [0.15, 0.2) is 0 Å². The summed E-state index contributed by atoms with van der Waals surface area (Å²) in [5, 5.41) is 2.88. The van der Waals surface area contributed by atoms with Crippen LogP contribution in [0.5, 0.6) is 5.75 Å². The summed E-state index contributed by atoms with van der Waals surface area (Å²) in [6.45, 7) is 0.687. The average molecular weight is 380 g/mol. The third-order valence-corrected chi connectivity index (χ3v) is 5.80. The van der Waals surface area contributed by atoms with E-state index in [0.29, 0.717) is 12.3 Å². The van der Waals surface area contributed by atoms with Crippen molar-refractivity contribution in [2.75, 3.05) is 18.6 Å². The number of nitrogens with one attached hydrogen (secondary N) is 1. The fourth-order valence-electron chi connectivity index (χ4n) is 4.48. The quantitative estimate of drug-likeness (QED) is 0.802. The van der Waals surface area contributed by atoms with Crippen molar-refractivity contribution in [2.45, 2.75) is 18.2 Å². The van der Waals surface area contributed by atoms with Crippen LogP contribution in [-0.4, -0.2) is 37.2 Å². The topological polar surface area (TPSA) is 81.0 Å². The van der Waals surface area contributed by atoms with Crippen LogP contribution in [0.3, 0.4) is 0 Å². The first-order valence-corrected chi connectivity index (χ1v) is 9.24. The van der Waals surface area contributed by atoms with Crippen LogP contribution < -0.4 is 15.0 Å². The minimum absolute atomic E-state index is 0.0878. The lowest BCUT2D eigenvalue weighted by Crippen LogP contribution is -2.43. The van der Waals surface area contributed by atoms with Crippen molar-refractivity contribution in [1.29, 1.82) is 0 Å². The molecule has 1 N–H and O–H groups in total. The number of hydrogen-bond acceptors (Lipinski definition) is 5. The molecule has 1 aromatic carbocycles. The van der Waals surface area contributed by atoms with Crippen LogP contribution >= 0.6 is 0 Å². The van der Waals surface area contributed by atoms with E-state index < -0.39 is 17.4 Å². The van der Waals surface area contributed by atoms with Crippen LogP contribution in [0.15, 0.2) is 59.2 Å². The van der Waals surface area contributed by atoms with E-state index in [1.165, 1.54) is 0 Å². The van der Waals surface area contributed by atoms with Crippen molar-refractivity contribution in [3.8, 4) is 5.75 Å². The maximum atomic E-state index is 13.3. The molecule has 1 aromatic heterocycles. The highest BCUT2D eigenvalue weighted by Crippen LogP contribution is 2.52. The first kappa shape index (κ1) is 17.1. The molecule has 2 amide bonds. The highest BCUT2D eigenvalue weighted by molar-refractivity contribution is 6.03. The Balaban J connectivity index is 1.38. The Morgan fingerprint density at radius 2 is 2.14 bits per heavy atom. The molecule has 1 spiro atoms. The minimum Gasteiger partial charge on any atom is -0.497 e. The minimum atomic E-state index is -0.742. The van der Waals surface area contributed by atoms with E-state index in [0.717, 1.165) is 11.4 Å². The lowest BCUT2D eigenvalue weighted by Gasteiger charge is -2.23. The Hall–Kier alpha value is -3.06. The highest BCUT2D eigenvalue weighted by atomic mass is 16.5. The second-order valence-corrected chi connectivity index (χ2v) is 7.32. The zero-order valence-corrected chi connectivity index (χ0v) is 15.3. The number of carbonyl (C=O) groups is 2. The maximum absolute atomic E-state index is 13.3. The number of amides is 2. The number of rotatable bonds is 5. The molecule has 5 rings (SSSR count). The van der Waals surface area contributed by atoms with Crippen molar-refractivity contribution in [3.05, 3.63) is 60.6 Å². The Morgan fingerprint density at radius 1 is 1.32 bits per heavy atom. The van der Waals surface area contributed by atoms with Crippen molar-refractivity contribution >= 4 is 17.5 Å². The average Bonchev–Trinajstić information content (AvgIpc) is 3.48. The Kier molecular flexibility index (Phi) is 3.80. The Labute approximate surface area is 161 Å². The van der Waals surface area contributed by atoms with Gasteiger partial charge in [0.2, 0.25) is 11.8 Å². The van der Waals surface area contributed by atoms with E-state index in [4.69, 9.17) is 13.9 Å². The van der Waals surface area contributed by atoms with E-state index in [2.05, 4.69) is 5.32 Å². The molecule has 0 unspecified atom stereocenters. The number of nitrogens with zero attached hydrogens (tertiary/aromatic N) is 1. The maximum Gasteiger partial charge on any atom is 0.234 e. The number of anilines is 1. The molecular weight excluding hydrogens is 360 g/mol. The lowest BCUT2D eigenvalue weighted by atomic mass is 9.77. The molecule has 144 valence electrons. The second-order valence-electron chi connectivity index (χ2n) is 7.32. The molecule has 3 aliphatic heterocycles. The van der Waals surface area contributed by atoms with Crippen LogP contribution in [0, 0.1) is 11.8 Å². The van der Waals surface area contributed by atoms with Gasteiger partial charge in [-0.15, -0.1) is 0 Å². The largest absolute Gasteiger partial charge is 0.497 e. The summed E-state index contributed by atoms with van der Waals surface area (Å²) in [5.41, 5.74) is 0.0266. The predicted molar refractivity (Wildman–Crippen MR) is 99.6 cm³/mol. The second kappa shape index (κ2) is 6.24. The predicted octanol–water partition coefficient (Wildman–Crippen LogP) is 1.89. The van der Waals surface area contributed by atoms with E-state index in [1.807, 2.05) is 36.4 Å². The molecule has 2 saturated heterocycles. The highest BCUT2D eigenvalue weighted by Gasteiger charge is 2.67. The summed E-state index contributed by atoms with van der Waals surface area (Å²) in [4.78, 5) is 27.8. The molecule has 7 nitrogen and oxygen atoms in total. The number of benzene rings is 1. The van der Waals surface area contributed by atoms with Gasteiger partial charge in [0, 0.05) is 5.69 Å². The zero-order chi connectivity index (χ0) is 19.3. The fraction of sp³-hybridized carbons (Fsp3) is 0.333. The third kappa shape index (κ3) is 2.46. The van der Waals surface area contributed by atoms with Crippen LogP contribution in [0.4, 0.5) is 5.69 Å². The molecule has 3 aliphatic rings. The van der Waals surface area contributed by atoms with Gasteiger partial charge < -0.3 is 24.1 Å². The van der Waals surface area contributed by atoms with Gasteiger partial charge in [-0.25, -0.2) is 0 Å². The molecule has 2 bridgehead atoms. The molecule has 4 atom stereocenters. The first-order chi connectivity index (χ1) is 13.6. The molecule has 4 heterocycles. The van der Waals surface area contributed by atoms with Gasteiger partial charge in [-0.3, -0.25) is 9.59 Å². The van der Waals surface area contributed by atoms with Gasteiger partial charge in [-0.05, 0) is 36.4 Å². The molecule has 7 heteroatoms. The van der Waals surface area contributed by atoms with Crippen LogP contribution in [0.25, 0.3) is 0 Å². The first-order valence-electron chi connectivity index (χ1n) is 9.24. The number of furan rings is 1. The molecule has 0 aliphatic carbocycles. The summed E-state index contributed by atoms with van der Waals surface area (Å²) < 4.78 is 16.6. The standard InChI is InChI=1S/C21H20N2O5/c1-26-14-6-4-13(5-7-14)23-12-21-9-8-16(28-21)17(18(21)20(23)25)19(24)22-11-15-3-2-10-27-15/h2-10,16-18H,11-12H2,1H3,(H,22,24)/t16-,17-,18-,21-/m1/s1. The number of fused-ring (bicyclic) bond motifs is 1. The Morgan fingerprint density at radius 3 is 2.86 bits per heavy atom. The van der Waals surface area contributed by atoms with Gasteiger partial charge in [0.25, 0.3) is 0 Å². The van der Waals surface area contributed by atoms with Gasteiger partial charge in [0.05, 0.1) is 44.4 Å². The molecule has 2 aromatic rings. The number of hydrogen-bond donors (Lipinski definition) is 1. The fourth-order valence-corrected chi connectivity index (χ4v) is 4.48. The lowest BCUT2D eigenvalue weighted by molar-refractivity contribution is -0.132. The molecule has 28 heavy (non-hydrogen) atoms. The van der Waals surface area contributed by atoms with E-state index >= 15 is 0 Å². The van der Waals surface area contributed by atoms with E-state index in [1.54, 1.807) is 30.4 Å². The normalized spacial score (nSPS) is 30.0. The van der Waals surface area contributed by atoms with E-state index in [9.17, 15) is 9.59 Å².